The number of amides is 1. The Morgan fingerprint density at radius 2 is 2.03 bits per heavy atom. The lowest BCUT2D eigenvalue weighted by molar-refractivity contribution is -0.127. The highest BCUT2D eigenvalue weighted by molar-refractivity contribution is 5.82. The number of carbonyl (C=O) groups excluding carboxylic acids is 1. The third-order valence-corrected chi connectivity index (χ3v) is 6.75. The predicted molar refractivity (Wildman–Crippen MR) is 126 cm³/mol. The summed E-state index contributed by atoms with van der Waals surface area (Å²) in [7, 11) is 0. The minimum absolute atomic E-state index is 0.0715. The van der Waals surface area contributed by atoms with Gasteiger partial charge in [-0.25, -0.2) is 15.0 Å². The fraction of sp³-hybridized carbons (Fsp3) is 0.591. The molecule has 3 aliphatic rings. The van der Waals surface area contributed by atoms with Crippen LogP contribution in [0.4, 0.5) is 17.7 Å². The van der Waals surface area contributed by atoms with Crippen molar-refractivity contribution in [3.05, 3.63) is 18.5 Å². The van der Waals surface area contributed by atoms with Crippen LogP contribution < -0.4 is 21.3 Å². The molecule has 0 saturated carbocycles. The average Bonchev–Trinajstić information content (AvgIpc) is 3.29. The Morgan fingerprint density at radius 3 is 2.76 bits per heavy atom. The number of hydrogen-bond donors (Lipinski definition) is 4. The van der Waals surface area contributed by atoms with Gasteiger partial charge in [0, 0.05) is 56.7 Å². The van der Waals surface area contributed by atoms with E-state index in [-0.39, 0.29) is 24.5 Å². The van der Waals surface area contributed by atoms with E-state index in [2.05, 4.69) is 30.4 Å². The number of nitrogens with one attached hydrogen (secondary N) is 2. The van der Waals surface area contributed by atoms with Gasteiger partial charge in [-0.15, -0.1) is 0 Å². The number of nitrogens with two attached hydrogens (primary N) is 1. The molecule has 0 aromatic carbocycles. The summed E-state index contributed by atoms with van der Waals surface area (Å²) >= 11 is 0. The quantitative estimate of drug-likeness (QED) is 0.432. The van der Waals surface area contributed by atoms with Gasteiger partial charge in [0.15, 0.2) is 0 Å². The molecule has 12 nitrogen and oxygen atoms in total. The molecule has 3 saturated heterocycles. The van der Waals surface area contributed by atoms with Gasteiger partial charge in [-0.05, 0) is 19.3 Å². The second kappa shape index (κ2) is 9.65. The van der Waals surface area contributed by atoms with Crippen molar-refractivity contribution in [1.82, 2.24) is 30.2 Å². The lowest BCUT2D eigenvalue weighted by Gasteiger charge is -2.34. The van der Waals surface area contributed by atoms with Gasteiger partial charge < -0.3 is 31.1 Å². The van der Waals surface area contributed by atoms with E-state index in [4.69, 9.17) is 20.4 Å². The number of likely N-dealkylation sites (tertiary alicyclic amines) is 1. The fourth-order valence-corrected chi connectivity index (χ4v) is 4.84. The molecule has 1 amide bonds. The number of ether oxygens (including phenoxy) is 1. The molecule has 0 bridgehead atoms. The summed E-state index contributed by atoms with van der Waals surface area (Å²) in [5, 5.41) is 16.8. The van der Waals surface area contributed by atoms with E-state index < -0.39 is 5.54 Å². The SMILES string of the molecule is Nc1ncc(-c2cc(N[C@@]3(CO)CCN(C4CCCNC4=O)C3)nc(N3CCOCC3)n2)cn1. The average molecular weight is 470 g/mol. The van der Waals surface area contributed by atoms with E-state index >= 15 is 0 Å². The number of piperidine rings is 1. The third kappa shape index (κ3) is 4.74. The largest absolute Gasteiger partial charge is 0.394 e. The fourth-order valence-electron chi connectivity index (χ4n) is 4.84. The zero-order chi connectivity index (χ0) is 23.5. The number of carbonyl (C=O) groups is 1. The second-order valence-corrected chi connectivity index (χ2v) is 9.10. The zero-order valence-corrected chi connectivity index (χ0v) is 19.1. The normalized spacial score (nSPS) is 25.9. The number of aromatic nitrogens is 4. The summed E-state index contributed by atoms with van der Waals surface area (Å²) in [4.78, 5) is 34.4. The van der Waals surface area contributed by atoms with Gasteiger partial charge in [-0.3, -0.25) is 9.69 Å². The smallest absolute Gasteiger partial charge is 0.237 e. The second-order valence-electron chi connectivity index (χ2n) is 9.10. The molecule has 3 fully saturated rings. The number of nitrogens with zero attached hydrogens (tertiary/aromatic N) is 6. The minimum atomic E-state index is -0.608. The molecule has 0 spiro atoms. The van der Waals surface area contributed by atoms with Crippen molar-refractivity contribution < 1.29 is 14.6 Å². The number of aliphatic hydroxyl groups excluding tert-OH is 1. The molecule has 1 unspecified atom stereocenters. The van der Waals surface area contributed by atoms with E-state index in [0.717, 1.165) is 31.5 Å². The van der Waals surface area contributed by atoms with Crippen LogP contribution >= 0.6 is 0 Å². The van der Waals surface area contributed by atoms with Crippen LogP contribution in [0.5, 0.6) is 0 Å². The topological polar surface area (TPSA) is 155 Å². The Bertz CT molecular complexity index is 1020. The van der Waals surface area contributed by atoms with Crippen LogP contribution in [0.1, 0.15) is 19.3 Å². The number of anilines is 3. The van der Waals surface area contributed by atoms with Crippen molar-refractivity contribution in [1.29, 1.82) is 0 Å². The Morgan fingerprint density at radius 1 is 1.24 bits per heavy atom. The van der Waals surface area contributed by atoms with Crippen LogP contribution in [0, 0.1) is 0 Å². The molecule has 34 heavy (non-hydrogen) atoms. The monoisotopic (exact) mass is 469 g/mol. The van der Waals surface area contributed by atoms with E-state index in [1.165, 1.54) is 0 Å². The van der Waals surface area contributed by atoms with Crippen molar-refractivity contribution in [3.8, 4) is 11.3 Å². The molecule has 5 heterocycles. The Balaban J connectivity index is 1.42. The molecular weight excluding hydrogens is 438 g/mol. The lowest BCUT2D eigenvalue weighted by Crippen LogP contribution is -2.52. The van der Waals surface area contributed by atoms with Crippen molar-refractivity contribution in [2.24, 2.45) is 0 Å². The van der Waals surface area contributed by atoms with Crippen molar-refractivity contribution in [2.75, 3.05) is 68.5 Å². The van der Waals surface area contributed by atoms with Gasteiger partial charge in [0.25, 0.3) is 0 Å². The summed E-state index contributed by atoms with van der Waals surface area (Å²) < 4.78 is 5.48. The maximum Gasteiger partial charge on any atom is 0.237 e. The summed E-state index contributed by atoms with van der Waals surface area (Å²) in [6, 6.07) is 1.69. The van der Waals surface area contributed by atoms with Crippen LogP contribution in [0.2, 0.25) is 0 Å². The molecule has 5 N–H and O–H groups in total. The first-order valence-corrected chi connectivity index (χ1v) is 11.8. The maximum absolute atomic E-state index is 12.4. The number of morpholine rings is 1. The van der Waals surface area contributed by atoms with E-state index in [9.17, 15) is 9.90 Å². The van der Waals surface area contributed by atoms with E-state index in [1.807, 2.05) is 6.07 Å². The van der Waals surface area contributed by atoms with Gasteiger partial charge in [0.1, 0.15) is 5.82 Å². The van der Waals surface area contributed by atoms with Crippen LogP contribution in [0.3, 0.4) is 0 Å². The molecule has 0 aliphatic carbocycles. The van der Waals surface area contributed by atoms with Gasteiger partial charge in [-0.1, -0.05) is 0 Å². The summed E-state index contributed by atoms with van der Waals surface area (Å²) in [6.45, 7) is 4.54. The molecule has 3 aliphatic heterocycles. The molecule has 0 radical (unpaired) electrons. The molecule has 2 atom stereocenters. The summed E-state index contributed by atoms with van der Waals surface area (Å²) in [5.74, 6) is 1.45. The molecule has 5 rings (SSSR count). The Kier molecular flexibility index (Phi) is 6.44. The third-order valence-electron chi connectivity index (χ3n) is 6.75. The first-order valence-electron chi connectivity index (χ1n) is 11.8. The Labute approximate surface area is 197 Å². The molecule has 2 aromatic heterocycles. The maximum atomic E-state index is 12.4. The number of hydrogen-bond acceptors (Lipinski definition) is 11. The van der Waals surface area contributed by atoms with Crippen molar-refractivity contribution in [3.63, 3.8) is 0 Å². The van der Waals surface area contributed by atoms with Crippen LogP contribution in [-0.4, -0.2) is 100.0 Å². The van der Waals surface area contributed by atoms with Gasteiger partial charge in [0.05, 0.1) is 37.1 Å². The van der Waals surface area contributed by atoms with Crippen LogP contribution in [0.15, 0.2) is 18.5 Å². The summed E-state index contributed by atoms with van der Waals surface area (Å²) in [6.07, 6.45) is 5.78. The molecular formula is C22H31N9O3. The van der Waals surface area contributed by atoms with Crippen molar-refractivity contribution >= 4 is 23.6 Å². The lowest BCUT2D eigenvalue weighted by atomic mass is 9.99. The zero-order valence-electron chi connectivity index (χ0n) is 19.1. The summed E-state index contributed by atoms with van der Waals surface area (Å²) in [5.41, 5.74) is 6.43. The van der Waals surface area contributed by atoms with E-state index in [0.29, 0.717) is 56.7 Å². The van der Waals surface area contributed by atoms with Gasteiger partial charge >= 0.3 is 0 Å². The standard InChI is InChI=1S/C22H31N9O3/c23-20-25-11-15(12-26-20)16-10-18(28-21(27-16)30-6-8-34-9-7-30)29-22(14-32)3-5-31(13-22)17-2-1-4-24-19(17)33/h10-12,17,32H,1-9,13-14H2,(H,24,33)(H2,23,25,26)(H,27,28,29)/t17?,22-/m0/s1. The molecule has 2 aromatic rings. The van der Waals surface area contributed by atoms with Crippen molar-refractivity contribution in [2.45, 2.75) is 30.8 Å². The number of nitrogen functional groups attached to an aromatic ring is 1. The van der Waals surface area contributed by atoms with Crippen LogP contribution in [0.25, 0.3) is 11.3 Å². The number of rotatable bonds is 6. The highest BCUT2D eigenvalue weighted by atomic mass is 16.5. The van der Waals surface area contributed by atoms with E-state index in [1.54, 1.807) is 12.4 Å². The highest BCUT2D eigenvalue weighted by Gasteiger charge is 2.42. The highest BCUT2D eigenvalue weighted by Crippen LogP contribution is 2.31. The first-order chi connectivity index (χ1) is 16.5. The molecule has 12 heteroatoms. The number of aliphatic hydroxyl groups is 1. The van der Waals surface area contributed by atoms with Crippen LogP contribution in [-0.2, 0) is 9.53 Å². The Hall–Kier alpha value is -3.09. The predicted octanol–water partition coefficient (Wildman–Crippen LogP) is -0.520. The first kappa shape index (κ1) is 22.7. The van der Waals surface area contributed by atoms with Gasteiger partial charge in [-0.2, -0.15) is 4.98 Å². The minimum Gasteiger partial charge on any atom is -0.394 e. The molecule has 182 valence electrons. The van der Waals surface area contributed by atoms with Gasteiger partial charge in [0.2, 0.25) is 17.8 Å².